The lowest BCUT2D eigenvalue weighted by molar-refractivity contribution is 0.291. The van der Waals surface area contributed by atoms with Crippen LogP contribution in [0.3, 0.4) is 0 Å². The van der Waals surface area contributed by atoms with Gasteiger partial charge < -0.3 is 4.12 Å². The van der Waals surface area contributed by atoms with Gasteiger partial charge in [0, 0.05) is 18.9 Å². The van der Waals surface area contributed by atoms with Gasteiger partial charge in [0.05, 0.1) is 0 Å². The minimum Gasteiger partial charge on any atom is -0.454 e. The molecule has 0 aliphatic carbocycles. The summed E-state index contributed by atoms with van der Waals surface area (Å²) in [5.74, 6) is 0. The highest BCUT2D eigenvalue weighted by molar-refractivity contribution is 6.86. The topological polar surface area (TPSA) is 12.5 Å². The summed E-state index contributed by atoms with van der Waals surface area (Å²) in [5.41, 5.74) is 2.79. The first kappa shape index (κ1) is 16.9. The third-order valence-corrected chi connectivity index (χ3v) is 10.1. The average molecular weight is 316 g/mol. The Kier molecular flexibility index (Phi) is 5.43. The molecule has 0 unspecified atom stereocenters. The lowest BCUT2D eigenvalue weighted by Gasteiger charge is -2.45. The Morgan fingerprint density at radius 2 is 1.68 bits per heavy atom. The molecule has 1 heterocycles. The highest BCUT2D eigenvalue weighted by atomic mass is 35.5. The Balaban J connectivity index is 0.00000180. The molecule has 2 rings (SSSR count). The van der Waals surface area contributed by atoms with Gasteiger partial charge in [-0.3, -0.25) is 4.90 Å². The largest absolute Gasteiger partial charge is 0.454 e. The van der Waals surface area contributed by atoms with E-state index in [1.54, 1.807) is 0 Å². The molecule has 0 N–H and O–H groups in total. The van der Waals surface area contributed by atoms with E-state index in [0.29, 0.717) is 0 Å². The zero-order valence-electron chi connectivity index (χ0n) is 12.7. The highest BCUT2D eigenvalue weighted by Crippen LogP contribution is 2.24. The Bertz CT molecular complexity index is 421. The predicted octanol–water partition coefficient (Wildman–Crippen LogP) is 3.74. The molecule has 1 aliphatic rings. The monoisotopic (exact) mass is 315 g/mol. The van der Waals surface area contributed by atoms with E-state index in [4.69, 9.17) is 4.12 Å². The average Bonchev–Trinajstić information content (AvgIpc) is 2.11. The molecule has 2 nitrogen and oxygen atoms in total. The van der Waals surface area contributed by atoms with Crippen molar-refractivity contribution in [2.24, 2.45) is 0 Å². The van der Waals surface area contributed by atoms with Gasteiger partial charge >= 0.3 is 0 Å². The molecule has 1 aromatic carbocycles. The lowest BCUT2D eigenvalue weighted by Crippen LogP contribution is -2.62. The van der Waals surface area contributed by atoms with E-state index in [1.165, 1.54) is 11.1 Å². The van der Waals surface area contributed by atoms with Crippen LogP contribution >= 0.6 is 12.4 Å². The summed E-state index contributed by atoms with van der Waals surface area (Å²) >= 11 is 0. The molecule has 108 valence electrons. The number of aryl methyl sites for hydroxylation is 1. The molecule has 1 aromatic rings. The van der Waals surface area contributed by atoms with Crippen molar-refractivity contribution in [1.29, 1.82) is 0 Å². The van der Waals surface area contributed by atoms with Crippen molar-refractivity contribution in [3.63, 3.8) is 0 Å². The van der Waals surface area contributed by atoms with Crippen LogP contribution in [0.4, 0.5) is 0 Å². The summed E-state index contributed by atoms with van der Waals surface area (Å²) in [7, 11) is -2.94. The van der Waals surface area contributed by atoms with Gasteiger partial charge in [-0.25, -0.2) is 0 Å². The summed E-state index contributed by atoms with van der Waals surface area (Å²) in [6, 6.07) is 8.88. The second kappa shape index (κ2) is 6.10. The SMILES string of the molecule is Cc1cccc(CN2C[Si](C)(C)O[Si](C)(C)C2)c1.Cl. The minimum absolute atomic E-state index is 0. The molecule has 0 aromatic heterocycles. The molecule has 0 amide bonds. The number of nitrogens with zero attached hydrogens (tertiary/aromatic N) is 1. The third-order valence-electron chi connectivity index (χ3n) is 3.25. The van der Waals surface area contributed by atoms with Gasteiger partial charge in [-0.2, -0.15) is 0 Å². The van der Waals surface area contributed by atoms with Crippen LogP contribution in [0, 0.1) is 6.92 Å². The van der Waals surface area contributed by atoms with E-state index in [0.717, 1.165) is 18.9 Å². The van der Waals surface area contributed by atoms with Crippen molar-refractivity contribution in [3.05, 3.63) is 35.4 Å². The molecule has 0 radical (unpaired) electrons. The first-order chi connectivity index (χ1) is 8.26. The quantitative estimate of drug-likeness (QED) is 0.771. The van der Waals surface area contributed by atoms with E-state index >= 15 is 0 Å². The zero-order chi connectivity index (χ0) is 13.4. The summed E-state index contributed by atoms with van der Waals surface area (Å²) in [6.07, 6.45) is 2.33. The van der Waals surface area contributed by atoms with Crippen molar-refractivity contribution in [3.8, 4) is 0 Å². The summed E-state index contributed by atoms with van der Waals surface area (Å²) < 4.78 is 6.39. The zero-order valence-corrected chi connectivity index (χ0v) is 15.5. The van der Waals surface area contributed by atoms with Crippen LogP contribution in [0.1, 0.15) is 11.1 Å². The number of hydrogen-bond donors (Lipinski definition) is 0. The van der Waals surface area contributed by atoms with Crippen LogP contribution in [-0.4, -0.2) is 33.9 Å². The van der Waals surface area contributed by atoms with Crippen molar-refractivity contribution in [1.82, 2.24) is 4.90 Å². The maximum absolute atomic E-state index is 6.39. The van der Waals surface area contributed by atoms with Gasteiger partial charge in [0.15, 0.2) is 16.6 Å². The number of benzene rings is 1. The van der Waals surface area contributed by atoms with Gasteiger partial charge in [0.1, 0.15) is 0 Å². The van der Waals surface area contributed by atoms with Gasteiger partial charge in [0.2, 0.25) is 0 Å². The fraction of sp³-hybridized carbons (Fsp3) is 0.571. The number of hydrogen-bond acceptors (Lipinski definition) is 2. The van der Waals surface area contributed by atoms with Crippen molar-refractivity contribution in [2.45, 2.75) is 39.7 Å². The maximum Gasteiger partial charge on any atom is 0.187 e. The summed E-state index contributed by atoms with van der Waals surface area (Å²) in [4.78, 5) is 2.62. The Morgan fingerprint density at radius 3 is 2.21 bits per heavy atom. The van der Waals surface area contributed by atoms with Gasteiger partial charge in [-0.1, -0.05) is 29.8 Å². The first-order valence-electron chi connectivity index (χ1n) is 6.74. The second-order valence-corrected chi connectivity index (χ2v) is 15.2. The van der Waals surface area contributed by atoms with Gasteiger partial charge in [-0.15, -0.1) is 12.4 Å². The lowest BCUT2D eigenvalue weighted by atomic mass is 10.1. The van der Waals surface area contributed by atoms with Crippen LogP contribution in [0.2, 0.25) is 26.2 Å². The molecular weight excluding hydrogens is 290 g/mol. The Labute approximate surface area is 125 Å². The summed E-state index contributed by atoms with van der Waals surface area (Å²) in [5, 5.41) is 0. The molecule has 0 saturated carbocycles. The van der Waals surface area contributed by atoms with Crippen LogP contribution in [0.15, 0.2) is 24.3 Å². The fourth-order valence-electron chi connectivity index (χ4n) is 3.13. The molecule has 5 heteroatoms. The highest BCUT2D eigenvalue weighted by Gasteiger charge is 2.41. The molecule has 1 saturated heterocycles. The smallest absolute Gasteiger partial charge is 0.187 e. The maximum atomic E-state index is 6.39. The van der Waals surface area contributed by atoms with E-state index < -0.39 is 16.6 Å². The molecule has 1 fully saturated rings. The first-order valence-corrected chi connectivity index (χ1v) is 13.0. The van der Waals surface area contributed by atoms with Crippen molar-refractivity contribution < 1.29 is 4.12 Å². The van der Waals surface area contributed by atoms with Crippen LogP contribution in [0.25, 0.3) is 0 Å². The molecular formula is C14H26ClNOSi2. The third kappa shape index (κ3) is 5.04. The van der Waals surface area contributed by atoms with Crippen molar-refractivity contribution in [2.75, 3.05) is 12.3 Å². The van der Waals surface area contributed by atoms with Crippen LogP contribution in [0.5, 0.6) is 0 Å². The van der Waals surface area contributed by atoms with E-state index in [2.05, 4.69) is 62.3 Å². The predicted molar refractivity (Wildman–Crippen MR) is 89.8 cm³/mol. The Morgan fingerprint density at radius 1 is 1.11 bits per heavy atom. The standard InChI is InChI=1S/C14H25NOSi2.ClH/c1-13-7-6-8-14(9-13)10-15-11-17(2,3)16-18(4,5)12-15;/h6-9H,10-12H2,1-5H3;1H. The van der Waals surface area contributed by atoms with Crippen LogP contribution < -0.4 is 0 Å². The van der Waals surface area contributed by atoms with E-state index in [-0.39, 0.29) is 12.4 Å². The summed E-state index contributed by atoms with van der Waals surface area (Å²) in [6.45, 7) is 12.7. The molecule has 0 atom stereocenters. The minimum atomic E-state index is -1.47. The van der Waals surface area contributed by atoms with Crippen LogP contribution in [-0.2, 0) is 10.7 Å². The fourth-order valence-corrected chi connectivity index (χ4v) is 12.5. The second-order valence-electron chi connectivity index (χ2n) is 6.76. The Hall–Kier alpha value is -0.136. The molecule has 1 aliphatic heterocycles. The van der Waals surface area contributed by atoms with Crippen molar-refractivity contribution >= 4 is 29.0 Å². The van der Waals surface area contributed by atoms with Gasteiger partial charge in [0.25, 0.3) is 0 Å². The molecule has 0 spiro atoms. The van der Waals surface area contributed by atoms with Gasteiger partial charge in [-0.05, 0) is 38.7 Å². The molecule has 0 bridgehead atoms. The number of rotatable bonds is 2. The van der Waals surface area contributed by atoms with E-state index in [1.807, 2.05) is 0 Å². The molecule has 19 heavy (non-hydrogen) atoms. The normalized spacial score (nSPS) is 21.7. The van der Waals surface area contributed by atoms with E-state index in [9.17, 15) is 0 Å². The number of halogens is 1.